The molecule has 1 aromatic heterocycles. The number of aromatic nitrogens is 1. The number of halogens is 3. The highest BCUT2D eigenvalue weighted by Crippen LogP contribution is 2.26. The summed E-state index contributed by atoms with van der Waals surface area (Å²) in [7, 11) is 0. The highest BCUT2D eigenvalue weighted by atomic mass is 19.4. The molecule has 0 bridgehead atoms. The summed E-state index contributed by atoms with van der Waals surface area (Å²) in [6, 6.07) is 10.3. The van der Waals surface area contributed by atoms with Crippen LogP contribution in [0.4, 0.5) is 19.0 Å². The topological polar surface area (TPSA) is 43.4 Å². The molecular weight excluding hydrogens is 285 g/mol. The van der Waals surface area contributed by atoms with Crippen molar-refractivity contribution in [1.82, 2.24) is 4.98 Å². The Morgan fingerprint density at radius 1 is 1.05 bits per heavy atom. The Labute approximate surface area is 119 Å². The molecule has 2 aromatic rings. The summed E-state index contributed by atoms with van der Waals surface area (Å²) >= 11 is 0. The predicted octanol–water partition coefficient (Wildman–Crippen LogP) is 4.20. The van der Waals surface area contributed by atoms with Crippen molar-refractivity contribution >= 4 is 5.82 Å². The van der Waals surface area contributed by atoms with E-state index in [0.717, 1.165) is 6.54 Å². The average Bonchev–Trinajstić information content (AvgIpc) is 2.40. The maximum Gasteiger partial charge on any atom is 0.573 e. The minimum absolute atomic E-state index is 0.302. The van der Waals surface area contributed by atoms with E-state index in [2.05, 4.69) is 15.0 Å². The highest BCUT2D eigenvalue weighted by Gasteiger charge is 2.30. The molecule has 0 atom stereocenters. The number of nitrogens with zero attached hydrogens (tertiary/aromatic N) is 1. The molecule has 0 saturated heterocycles. The van der Waals surface area contributed by atoms with E-state index >= 15 is 0 Å². The molecule has 0 aliphatic heterocycles. The summed E-state index contributed by atoms with van der Waals surface area (Å²) in [6.07, 6.45) is -4.70. The van der Waals surface area contributed by atoms with Gasteiger partial charge in [-0.05, 0) is 37.3 Å². The van der Waals surface area contributed by atoms with Gasteiger partial charge in [0, 0.05) is 12.6 Å². The third kappa shape index (κ3) is 4.87. The van der Waals surface area contributed by atoms with Crippen LogP contribution in [0.3, 0.4) is 0 Å². The fraction of sp³-hybridized carbons (Fsp3) is 0.214. The number of rotatable bonds is 5. The van der Waals surface area contributed by atoms with E-state index in [1.165, 1.54) is 24.3 Å². The van der Waals surface area contributed by atoms with Gasteiger partial charge in [0.25, 0.3) is 0 Å². The van der Waals surface area contributed by atoms with Crippen LogP contribution < -0.4 is 14.8 Å². The molecule has 21 heavy (non-hydrogen) atoms. The first-order chi connectivity index (χ1) is 9.96. The Hall–Kier alpha value is -2.44. The second kappa shape index (κ2) is 6.34. The van der Waals surface area contributed by atoms with E-state index in [9.17, 15) is 13.2 Å². The van der Waals surface area contributed by atoms with Crippen LogP contribution in [0.2, 0.25) is 0 Å². The molecule has 4 nitrogen and oxygen atoms in total. The van der Waals surface area contributed by atoms with Crippen LogP contribution in [0.15, 0.2) is 42.5 Å². The number of nitrogens with one attached hydrogen (secondary N) is 1. The molecule has 1 aromatic carbocycles. The van der Waals surface area contributed by atoms with Gasteiger partial charge >= 0.3 is 6.36 Å². The molecule has 0 fully saturated rings. The first-order valence-electron chi connectivity index (χ1n) is 6.21. The quantitative estimate of drug-likeness (QED) is 0.898. The lowest BCUT2D eigenvalue weighted by molar-refractivity contribution is -0.274. The van der Waals surface area contributed by atoms with Crippen molar-refractivity contribution in [3.63, 3.8) is 0 Å². The third-order valence-corrected chi connectivity index (χ3v) is 2.36. The Bertz CT molecular complexity index is 586. The van der Waals surface area contributed by atoms with Gasteiger partial charge in [0.1, 0.15) is 17.3 Å². The van der Waals surface area contributed by atoms with Crippen LogP contribution >= 0.6 is 0 Å². The fourth-order valence-corrected chi connectivity index (χ4v) is 1.58. The minimum Gasteiger partial charge on any atom is -0.439 e. The van der Waals surface area contributed by atoms with Gasteiger partial charge in [0.15, 0.2) is 0 Å². The van der Waals surface area contributed by atoms with Crippen molar-refractivity contribution in [3.8, 4) is 17.4 Å². The Morgan fingerprint density at radius 2 is 1.71 bits per heavy atom. The van der Waals surface area contributed by atoms with E-state index in [1.54, 1.807) is 18.2 Å². The fourth-order valence-electron chi connectivity index (χ4n) is 1.58. The van der Waals surface area contributed by atoms with Gasteiger partial charge in [-0.1, -0.05) is 6.07 Å². The molecule has 0 unspecified atom stereocenters. The monoisotopic (exact) mass is 298 g/mol. The summed E-state index contributed by atoms with van der Waals surface area (Å²) in [4.78, 5) is 4.20. The molecule has 0 radical (unpaired) electrons. The molecule has 2 rings (SSSR count). The number of pyridine rings is 1. The van der Waals surface area contributed by atoms with E-state index in [0.29, 0.717) is 17.4 Å². The standard InChI is InChI=1S/C14H13F3N2O2/c1-2-18-12-4-3-5-13(19-12)20-10-6-8-11(9-7-10)21-14(15,16)17/h3-9H,2H2,1H3,(H,18,19). The van der Waals surface area contributed by atoms with Crippen molar-refractivity contribution in [2.45, 2.75) is 13.3 Å². The van der Waals surface area contributed by atoms with Gasteiger partial charge in [-0.2, -0.15) is 4.98 Å². The van der Waals surface area contributed by atoms with E-state index in [1.807, 2.05) is 6.92 Å². The van der Waals surface area contributed by atoms with Crippen LogP contribution in [0.25, 0.3) is 0 Å². The molecule has 0 saturated carbocycles. The lowest BCUT2D eigenvalue weighted by Gasteiger charge is -2.10. The number of anilines is 1. The van der Waals surface area contributed by atoms with Crippen LogP contribution in [-0.2, 0) is 0 Å². The second-order valence-corrected chi connectivity index (χ2v) is 4.01. The SMILES string of the molecule is CCNc1cccc(Oc2ccc(OC(F)(F)F)cc2)n1. The van der Waals surface area contributed by atoms with Crippen molar-refractivity contribution in [3.05, 3.63) is 42.5 Å². The predicted molar refractivity (Wildman–Crippen MR) is 71.6 cm³/mol. The number of ether oxygens (including phenoxy) is 2. The Morgan fingerprint density at radius 3 is 2.33 bits per heavy atom. The van der Waals surface area contributed by atoms with E-state index < -0.39 is 6.36 Å². The zero-order valence-corrected chi connectivity index (χ0v) is 11.1. The van der Waals surface area contributed by atoms with E-state index in [4.69, 9.17) is 4.74 Å². The van der Waals surface area contributed by atoms with Gasteiger partial charge in [0.05, 0.1) is 0 Å². The highest BCUT2D eigenvalue weighted by molar-refractivity contribution is 5.39. The van der Waals surface area contributed by atoms with Crippen molar-refractivity contribution in [2.24, 2.45) is 0 Å². The zero-order chi connectivity index (χ0) is 15.3. The Balaban J connectivity index is 2.04. The van der Waals surface area contributed by atoms with Crippen LogP contribution in [0.5, 0.6) is 17.4 Å². The summed E-state index contributed by atoms with van der Waals surface area (Å²) in [5, 5.41) is 3.03. The largest absolute Gasteiger partial charge is 0.573 e. The molecule has 112 valence electrons. The third-order valence-electron chi connectivity index (χ3n) is 2.36. The second-order valence-electron chi connectivity index (χ2n) is 4.01. The van der Waals surface area contributed by atoms with Crippen molar-refractivity contribution < 1.29 is 22.6 Å². The maximum absolute atomic E-state index is 12.0. The lowest BCUT2D eigenvalue weighted by Crippen LogP contribution is -2.16. The van der Waals surface area contributed by atoms with Gasteiger partial charge in [-0.15, -0.1) is 13.2 Å². The summed E-state index contributed by atoms with van der Waals surface area (Å²) in [5.41, 5.74) is 0. The summed E-state index contributed by atoms with van der Waals surface area (Å²) in [5.74, 6) is 1.07. The number of hydrogen-bond donors (Lipinski definition) is 1. The van der Waals surface area contributed by atoms with Crippen molar-refractivity contribution in [1.29, 1.82) is 0 Å². The molecule has 7 heteroatoms. The normalized spacial score (nSPS) is 11.0. The Kier molecular flexibility index (Phi) is 4.52. The van der Waals surface area contributed by atoms with Crippen LogP contribution in [0, 0.1) is 0 Å². The smallest absolute Gasteiger partial charge is 0.439 e. The van der Waals surface area contributed by atoms with Gasteiger partial charge < -0.3 is 14.8 Å². The minimum atomic E-state index is -4.70. The molecule has 0 aliphatic carbocycles. The zero-order valence-electron chi connectivity index (χ0n) is 11.1. The first-order valence-corrected chi connectivity index (χ1v) is 6.21. The van der Waals surface area contributed by atoms with Gasteiger partial charge in [0.2, 0.25) is 5.88 Å². The van der Waals surface area contributed by atoms with Crippen molar-refractivity contribution in [2.75, 3.05) is 11.9 Å². The first kappa shape index (κ1) is 15.0. The molecule has 0 amide bonds. The molecule has 0 spiro atoms. The van der Waals surface area contributed by atoms with Crippen LogP contribution in [-0.4, -0.2) is 17.9 Å². The molecule has 0 aliphatic rings. The maximum atomic E-state index is 12.0. The van der Waals surface area contributed by atoms with Crippen LogP contribution in [0.1, 0.15) is 6.92 Å². The number of hydrogen-bond acceptors (Lipinski definition) is 4. The molecule has 1 heterocycles. The van der Waals surface area contributed by atoms with Gasteiger partial charge in [-0.25, -0.2) is 0 Å². The number of benzene rings is 1. The summed E-state index contributed by atoms with van der Waals surface area (Å²) < 4.78 is 45.3. The molecule has 1 N–H and O–H groups in total. The molecular formula is C14H13F3N2O2. The average molecular weight is 298 g/mol. The number of alkyl halides is 3. The van der Waals surface area contributed by atoms with Gasteiger partial charge in [-0.3, -0.25) is 0 Å². The summed E-state index contributed by atoms with van der Waals surface area (Å²) in [6.45, 7) is 2.66. The van der Waals surface area contributed by atoms with E-state index in [-0.39, 0.29) is 5.75 Å². The lowest BCUT2D eigenvalue weighted by atomic mass is 10.3.